The van der Waals surface area contributed by atoms with Gasteiger partial charge in [-0.1, -0.05) is 30.3 Å². The molecule has 2 nitrogen and oxygen atoms in total. The summed E-state index contributed by atoms with van der Waals surface area (Å²) in [6.45, 7) is 4.29. The predicted octanol–water partition coefficient (Wildman–Crippen LogP) is 3.15. The Balaban J connectivity index is 2.06. The van der Waals surface area contributed by atoms with E-state index < -0.39 is 12.6 Å². The van der Waals surface area contributed by atoms with E-state index in [2.05, 4.69) is 12.2 Å². The van der Waals surface area contributed by atoms with Gasteiger partial charge < -0.3 is 10.2 Å². The van der Waals surface area contributed by atoms with Gasteiger partial charge in [0.2, 0.25) is 0 Å². The maximum absolute atomic E-state index is 12.4. The summed E-state index contributed by atoms with van der Waals surface area (Å²) in [5, 5.41) is 3.48. The van der Waals surface area contributed by atoms with E-state index in [-0.39, 0.29) is 12.1 Å². The predicted molar refractivity (Wildman–Crippen MR) is 73.5 cm³/mol. The first kappa shape index (κ1) is 15.3. The van der Waals surface area contributed by atoms with Crippen molar-refractivity contribution in [1.29, 1.82) is 0 Å². The normalized spacial score (nSPS) is 25.4. The topological polar surface area (TPSA) is 15.3 Å². The zero-order valence-corrected chi connectivity index (χ0v) is 11.7. The summed E-state index contributed by atoms with van der Waals surface area (Å²) in [6, 6.07) is 9.94. The third-order valence-corrected chi connectivity index (χ3v) is 3.83. The largest absolute Gasteiger partial charge is 0.390 e. The summed E-state index contributed by atoms with van der Waals surface area (Å²) in [7, 11) is 0. The van der Waals surface area contributed by atoms with Crippen LogP contribution in [0.4, 0.5) is 13.2 Å². The first-order valence-corrected chi connectivity index (χ1v) is 6.99. The molecule has 0 bridgehead atoms. The molecule has 5 heteroatoms. The number of rotatable bonds is 3. The van der Waals surface area contributed by atoms with Crippen molar-refractivity contribution in [1.82, 2.24) is 10.2 Å². The standard InChI is InChI=1S/C15H21F3N2/c1-14(13-6-3-2-4-7-13)12-20(10-5-9-19-14)11-8-15(16,17)18/h2-4,6-7,19H,5,8-12H2,1H3. The van der Waals surface area contributed by atoms with Crippen LogP contribution in [0.5, 0.6) is 0 Å². The van der Waals surface area contributed by atoms with Crippen LogP contribution in [0, 0.1) is 0 Å². The lowest BCUT2D eigenvalue weighted by atomic mass is 9.91. The van der Waals surface area contributed by atoms with Crippen LogP contribution in [0.2, 0.25) is 0 Å². The highest BCUT2D eigenvalue weighted by molar-refractivity contribution is 5.24. The second kappa shape index (κ2) is 6.14. The van der Waals surface area contributed by atoms with Crippen molar-refractivity contribution < 1.29 is 13.2 Å². The molecule has 1 aliphatic heterocycles. The Morgan fingerprint density at radius 2 is 1.95 bits per heavy atom. The van der Waals surface area contributed by atoms with E-state index in [9.17, 15) is 13.2 Å². The lowest BCUT2D eigenvalue weighted by Crippen LogP contribution is -2.46. The molecular weight excluding hydrogens is 265 g/mol. The third kappa shape index (κ3) is 4.21. The summed E-state index contributed by atoms with van der Waals surface area (Å²) in [5.41, 5.74) is 0.836. The summed E-state index contributed by atoms with van der Waals surface area (Å²) in [4.78, 5) is 1.92. The summed E-state index contributed by atoms with van der Waals surface area (Å²) < 4.78 is 37.2. The molecule has 1 heterocycles. The minimum absolute atomic E-state index is 0.0770. The molecule has 1 fully saturated rings. The van der Waals surface area contributed by atoms with Gasteiger partial charge >= 0.3 is 6.18 Å². The van der Waals surface area contributed by atoms with E-state index in [0.717, 1.165) is 18.5 Å². The number of hydrogen-bond acceptors (Lipinski definition) is 2. The van der Waals surface area contributed by atoms with Gasteiger partial charge in [-0.2, -0.15) is 13.2 Å². The zero-order valence-electron chi connectivity index (χ0n) is 11.7. The Bertz CT molecular complexity index is 419. The van der Waals surface area contributed by atoms with Crippen molar-refractivity contribution in [3.8, 4) is 0 Å². The lowest BCUT2D eigenvalue weighted by Gasteiger charge is -2.34. The highest BCUT2D eigenvalue weighted by Crippen LogP contribution is 2.26. The average molecular weight is 286 g/mol. The van der Waals surface area contributed by atoms with Crippen molar-refractivity contribution in [2.75, 3.05) is 26.2 Å². The quantitative estimate of drug-likeness (QED) is 0.918. The van der Waals surface area contributed by atoms with Gasteiger partial charge in [0.05, 0.1) is 12.0 Å². The van der Waals surface area contributed by atoms with E-state index >= 15 is 0 Å². The van der Waals surface area contributed by atoms with Crippen molar-refractivity contribution in [2.45, 2.75) is 31.5 Å². The lowest BCUT2D eigenvalue weighted by molar-refractivity contribution is -0.138. The zero-order chi connectivity index (χ0) is 14.6. The van der Waals surface area contributed by atoms with Gasteiger partial charge in [-0.3, -0.25) is 0 Å². The highest BCUT2D eigenvalue weighted by Gasteiger charge is 2.33. The Morgan fingerprint density at radius 3 is 2.60 bits per heavy atom. The van der Waals surface area contributed by atoms with Crippen LogP contribution < -0.4 is 5.32 Å². The molecular formula is C15H21F3N2. The molecule has 1 unspecified atom stereocenters. The molecule has 20 heavy (non-hydrogen) atoms. The van der Waals surface area contributed by atoms with Crippen LogP contribution in [0.1, 0.15) is 25.3 Å². The summed E-state index contributed by atoms with van der Waals surface area (Å²) in [6.07, 6.45) is -3.94. The first-order chi connectivity index (χ1) is 9.39. The summed E-state index contributed by atoms with van der Waals surface area (Å²) in [5.74, 6) is 0. The van der Waals surface area contributed by atoms with Crippen LogP contribution in [0.3, 0.4) is 0 Å². The van der Waals surface area contributed by atoms with Gasteiger partial charge in [0.25, 0.3) is 0 Å². The van der Waals surface area contributed by atoms with Crippen LogP contribution in [-0.2, 0) is 5.54 Å². The Kier molecular flexibility index (Phi) is 4.70. The van der Waals surface area contributed by atoms with E-state index in [1.54, 1.807) is 0 Å². The van der Waals surface area contributed by atoms with Crippen molar-refractivity contribution >= 4 is 0 Å². The number of benzene rings is 1. The van der Waals surface area contributed by atoms with Crippen molar-refractivity contribution in [2.24, 2.45) is 0 Å². The molecule has 1 saturated heterocycles. The average Bonchev–Trinajstić information content (AvgIpc) is 2.60. The first-order valence-electron chi connectivity index (χ1n) is 6.99. The molecule has 1 N–H and O–H groups in total. The SMILES string of the molecule is CC1(c2ccccc2)CN(CCC(F)(F)F)CCCN1. The number of alkyl halides is 3. The Labute approximate surface area is 118 Å². The summed E-state index contributed by atoms with van der Waals surface area (Å²) >= 11 is 0. The van der Waals surface area contributed by atoms with Crippen molar-refractivity contribution in [3.63, 3.8) is 0 Å². The maximum atomic E-state index is 12.4. The molecule has 2 rings (SSSR count). The van der Waals surface area contributed by atoms with E-state index in [1.807, 2.05) is 35.2 Å². The minimum Gasteiger partial charge on any atom is -0.307 e. The number of nitrogens with zero attached hydrogens (tertiary/aromatic N) is 1. The van der Waals surface area contributed by atoms with Gasteiger partial charge in [0, 0.05) is 13.1 Å². The Hall–Kier alpha value is -1.07. The Morgan fingerprint density at radius 1 is 1.25 bits per heavy atom. The fraction of sp³-hybridized carbons (Fsp3) is 0.600. The van der Waals surface area contributed by atoms with Crippen LogP contribution >= 0.6 is 0 Å². The monoisotopic (exact) mass is 286 g/mol. The molecule has 1 aromatic carbocycles. The van der Waals surface area contributed by atoms with Crippen LogP contribution in [0.15, 0.2) is 30.3 Å². The molecule has 1 atom stereocenters. The van der Waals surface area contributed by atoms with Gasteiger partial charge in [-0.05, 0) is 32.0 Å². The van der Waals surface area contributed by atoms with Gasteiger partial charge in [-0.25, -0.2) is 0 Å². The number of nitrogens with one attached hydrogen (secondary N) is 1. The second-order valence-electron chi connectivity index (χ2n) is 5.62. The van der Waals surface area contributed by atoms with Crippen molar-refractivity contribution in [3.05, 3.63) is 35.9 Å². The molecule has 0 spiro atoms. The molecule has 0 aliphatic carbocycles. The second-order valence-corrected chi connectivity index (χ2v) is 5.62. The fourth-order valence-electron chi connectivity index (χ4n) is 2.72. The minimum atomic E-state index is -4.08. The third-order valence-electron chi connectivity index (χ3n) is 3.83. The molecule has 0 radical (unpaired) electrons. The van der Waals surface area contributed by atoms with E-state index in [0.29, 0.717) is 13.1 Å². The smallest absolute Gasteiger partial charge is 0.307 e. The molecule has 1 aliphatic rings. The molecule has 0 amide bonds. The number of halogens is 3. The molecule has 0 saturated carbocycles. The van der Waals surface area contributed by atoms with Gasteiger partial charge in [-0.15, -0.1) is 0 Å². The van der Waals surface area contributed by atoms with Gasteiger partial charge in [0.1, 0.15) is 0 Å². The van der Waals surface area contributed by atoms with Gasteiger partial charge in [0.15, 0.2) is 0 Å². The number of hydrogen-bond donors (Lipinski definition) is 1. The van der Waals surface area contributed by atoms with Crippen LogP contribution in [0.25, 0.3) is 0 Å². The van der Waals surface area contributed by atoms with E-state index in [1.165, 1.54) is 0 Å². The van der Waals surface area contributed by atoms with E-state index in [4.69, 9.17) is 0 Å². The fourth-order valence-corrected chi connectivity index (χ4v) is 2.72. The highest BCUT2D eigenvalue weighted by atomic mass is 19.4. The molecule has 112 valence electrons. The maximum Gasteiger partial charge on any atom is 0.390 e. The van der Waals surface area contributed by atoms with Crippen LogP contribution in [-0.4, -0.2) is 37.3 Å². The molecule has 1 aromatic rings. The molecule has 0 aromatic heterocycles.